The monoisotopic (exact) mass is 549 g/mol. The van der Waals surface area contributed by atoms with Crippen molar-refractivity contribution in [2.24, 2.45) is 0 Å². The van der Waals surface area contributed by atoms with Crippen molar-refractivity contribution in [2.45, 2.75) is 70.2 Å². The fourth-order valence-electron chi connectivity index (χ4n) is 4.46. The average molecular weight is 550 g/mol. The predicted octanol–water partition coefficient (Wildman–Crippen LogP) is 0.0143. The number of carbonyl (C=O) groups is 1. The fraction of sp³-hybridized carbons (Fsp3) is 0.630. The van der Waals surface area contributed by atoms with E-state index in [0.717, 1.165) is 34.5 Å². The predicted molar refractivity (Wildman–Crippen MR) is 145 cm³/mol. The van der Waals surface area contributed by atoms with E-state index in [1.54, 1.807) is 0 Å². The van der Waals surface area contributed by atoms with Crippen LogP contribution in [0.5, 0.6) is 5.88 Å². The largest absolute Gasteiger partial charge is 0.443 e. The Morgan fingerprint density at radius 3 is 2.51 bits per heavy atom. The number of rotatable bonds is 12. The molecule has 1 saturated heterocycles. The van der Waals surface area contributed by atoms with Gasteiger partial charge in [0.25, 0.3) is 0 Å². The van der Waals surface area contributed by atoms with Gasteiger partial charge in [0.1, 0.15) is 24.4 Å². The molecular formula is C27H43N5O7. The standard InChI is InChI=1S/C27H43N5O7/c1-15(2)21-19(25(31-30-21)39-26-24(36)23(35)22(34)20(14-33)38-26)13-18-7-6-17(12-16(18)3)8-9-28-27(37)29-10-11-32(4)5/h6-7,12,15,20,22-24,26,33-36H,8-11,13-14H2,1-5H3,(H,30,31)(H2,28,29,37)/t20?,22-,23?,24-,26?/m1/s1. The summed E-state index contributed by atoms with van der Waals surface area (Å²) in [5.74, 6) is 0.324. The summed E-state index contributed by atoms with van der Waals surface area (Å²) in [5, 5.41) is 53.1. The minimum absolute atomic E-state index is 0.106. The molecule has 1 aliphatic heterocycles. The summed E-state index contributed by atoms with van der Waals surface area (Å²) < 4.78 is 11.4. The average Bonchev–Trinajstić information content (AvgIpc) is 3.28. The Hall–Kier alpha value is -2.74. The van der Waals surface area contributed by atoms with Crippen LogP contribution in [0.15, 0.2) is 18.2 Å². The van der Waals surface area contributed by atoms with Gasteiger partial charge in [-0.05, 0) is 50.0 Å². The molecule has 12 nitrogen and oxygen atoms in total. The lowest BCUT2D eigenvalue weighted by Crippen LogP contribution is -2.60. The molecule has 2 aromatic rings. The smallest absolute Gasteiger partial charge is 0.314 e. The number of hydrogen-bond acceptors (Lipinski definition) is 9. The maximum atomic E-state index is 11.9. The molecule has 39 heavy (non-hydrogen) atoms. The molecule has 3 unspecified atom stereocenters. The maximum Gasteiger partial charge on any atom is 0.314 e. The number of carbonyl (C=O) groups excluding carboxylic acids is 1. The molecule has 7 N–H and O–H groups in total. The van der Waals surface area contributed by atoms with Crippen LogP contribution < -0.4 is 15.4 Å². The lowest BCUT2D eigenvalue weighted by Gasteiger charge is -2.39. The Balaban J connectivity index is 1.67. The number of H-pyrrole nitrogens is 1. The number of likely N-dealkylation sites (N-methyl/N-ethyl adjacent to an activating group) is 1. The molecule has 1 aromatic carbocycles. The minimum Gasteiger partial charge on any atom is -0.443 e. The maximum absolute atomic E-state index is 11.9. The quantitative estimate of drug-likeness (QED) is 0.193. The summed E-state index contributed by atoms with van der Waals surface area (Å²) in [6.07, 6.45) is -5.75. The third-order valence-electron chi connectivity index (χ3n) is 6.83. The van der Waals surface area contributed by atoms with Crippen molar-refractivity contribution in [2.75, 3.05) is 40.3 Å². The van der Waals surface area contributed by atoms with E-state index < -0.39 is 37.3 Å². The summed E-state index contributed by atoms with van der Waals surface area (Å²) >= 11 is 0. The molecule has 2 amide bonds. The second-order valence-electron chi connectivity index (χ2n) is 10.6. The molecule has 0 bridgehead atoms. The SMILES string of the molecule is Cc1cc(CCNC(=O)NCCN(C)C)ccc1Cc1c(OC2OC(CO)[C@@H](O)C(O)[C@H]2O)n[nH]c1C(C)C. The van der Waals surface area contributed by atoms with Gasteiger partial charge in [0, 0.05) is 37.3 Å². The van der Waals surface area contributed by atoms with Crippen molar-refractivity contribution >= 4 is 6.03 Å². The van der Waals surface area contributed by atoms with Crippen LogP contribution in [-0.2, 0) is 17.6 Å². The molecule has 218 valence electrons. The Bertz CT molecular complexity index is 1070. The van der Waals surface area contributed by atoms with E-state index in [1.807, 2.05) is 51.9 Å². The molecule has 1 fully saturated rings. The number of benzene rings is 1. The van der Waals surface area contributed by atoms with E-state index in [4.69, 9.17) is 9.47 Å². The van der Waals surface area contributed by atoms with E-state index >= 15 is 0 Å². The lowest BCUT2D eigenvalue weighted by molar-refractivity contribution is -0.278. The lowest BCUT2D eigenvalue weighted by atomic mass is 9.95. The Kier molecular flexibility index (Phi) is 11.1. The number of ether oxygens (including phenoxy) is 2. The zero-order chi connectivity index (χ0) is 28.7. The first-order valence-electron chi connectivity index (χ1n) is 13.3. The van der Waals surface area contributed by atoms with Crippen LogP contribution in [0, 0.1) is 6.92 Å². The molecular weight excluding hydrogens is 506 g/mol. The van der Waals surface area contributed by atoms with Gasteiger partial charge in [-0.2, -0.15) is 0 Å². The number of aryl methyl sites for hydroxylation is 1. The summed E-state index contributed by atoms with van der Waals surface area (Å²) in [4.78, 5) is 13.9. The van der Waals surface area contributed by atoms with Gasteiger partial charge in [0.05, 0.1) is 6.61 Å². The number of nitrogens with one attached hydrogen (secondary N) is 3. The topological polar surface area (TPSA) is 172 Å². The first kappa shape index (κ1) is 30.8. The summed E-state index contributed by atoms with van der Waals surface area (Å²) in [6, 6.07) is 5.98. The van der Waals surface area contributed by atoms with Gasteiger partial charge < -0.3 is 45.4 Å². The second-order valence-corrected chi connectivity index (χ2v) is 10.6. The van der Waals surface area contributed by atoms with E-state index in [0.29, 0.717) is 25.9 Å². The van der Waals surface area contributed by atoms with Crippen molar-refractivity contribution in [3.63, 3.8) is 0 Å². The van der Waals surface area contributed by atoms with Gasteiger partial charge in [0.15, 0.2) is 0 Å². The molecule has 12 heteroatoms. The Morgan fingerprint density at radius 1 is 1.15 bits per heavy atom. The summed E-state index contributed by atoms with van der Waals surface area (Å²) in [7, 11) is 3.91. The third kappa shape index (κ3) is 8.13. The molecule has 5 atom stereocenters. The van der Waals surface area contributed by atoms with Gasteiger partial charge in [-0.3, -0.25) is 5.10 Å². The van der Waals surface area contributed by atoms with Gasteiger partial charge >= 0.3 is 6.03 Å². The van der Waals surface area contributed by atoms with Crippen LogP contribution in [0.1, 0.15) is 47.7 Å². The molecule has 0 saturated carbocycles. The molecule has 0 radical (unpaired) electrons. The third-order valence-corrected chi connectivity index (χ3v) is 6.83. The Morgan fingerprint density at radius 2 is 1.87 bits per heavy atom. The Labute approximate surface area is 229 Å². The van der Waals surface area contributed by atoms with Gasteiger partial charge in [-0.15, -0.1) is 5.10 Å². The number of aliphatic hydroxyl groups excluding tert-OH is 4. The fourth-order valence-corrected chi connectivity index (χ4v) is 4.46. The zero-order valence-corrected chi connectivity index (χ0v) is 23.3. The number of hydrogen-bond donors (Lipinski definition) is 7. The van der Waals surface area contributed by atoms with E-state index in [2.05, 4.69) is 26.9 Å². The van der Waals surface area contributed by atoms with Crippen molar-refractivity contribution in [3.8, 4) is 5.88 Å². The van der Waals surface area contributed by atoms with E-state index in [1.165, 1.54) is 0 Å². The highest BCUT2D eigenvalue weighted by atomic mass is 16.7. The minimum atomic E-state index is -1.54. The zero-order valence-electron chi connectivity index (χ0n) is 23.3. The number of aliphatic hydroxyl groups is 4. The summed E-state index contributed by atoms with van der Waals surface area (Å²) in [6.45, 7) is 7.40. The first-order valence-corrected chi connectivity index (χ1v) is 13.3. The van der Waals surface area contributed by atoms with Gasteiger partial charge in [-0.1, -0.05) is 32.0 Å². The molecule has 1 aromatic heterocycles. The number of nitrogens with zero attached hydrogens (tertiary/aromatic N) is 2. The molecule has 3 rings (SSSR count). The van der Waals surface area contributed by atoms with Crippen molar-refractivity contribution < 1.29 is 34.7 Å². The highest BCUT2D eigenvalue weighted by molar-refractivity contribution is 5.73. The van der Waals surface area contributed by atoms with Crippen LogP contribution in [-0.4, -0.2) is 113 Å². The number of aromatic amines is 1. The van der Waals surface area contributed by atoms with Crippen LogP contribution >= 0.6 is 0 Å². The van der Waals surface area contributed by atoms with Gasteiger partial charge in [0.2, 0.25) is 12.2 Å². The van der Waals surface area contributed by atoms with Crippen LogP contribution in [0.3, 0.4) is 0 Å². The van der Waals surface area contributed by atoms with E-state index in [-0.39, 0.29) is 17.8 Å². The first-order chi connectivity index (χ1) is 18.5. The molecule has 1 aliphatic rings. The molecule has 0 aliphatic carbocycles. The molecule has 2 heterocycles. The van der Waals surface area contributed by atoms with Gasteiger partial charge in [-0.25, -0.2) is 4.79 Å². The highest BCUT2D eigenvalue weighted by Gasteiger charge is 2.45. The number of aromatic nitrogens is 2. The van der Waals surface area contributed by atoms with Crippen molar-refractivity contribution in [1.82, 2.24) is 25.7 Å². The van der Waals surface area contributed by atoms with Crippen molar-refractivity contribution in [3.05, 3.63) is 46.1 Å². The van der Waals surface area contributed by atoms with Crippen molar-refractivity contribution in [1.29, 1.82) is 0 Å². The van der Waals surface area contributed by atoms with Crippen LogP contribution in [0.4, 0.5) is 4.79 Å². The summed E-state index contributed by atoms with van der Waals surface area (Å²) in [5.41, 5.74) is 4.86. The highest BCUT2D eigenvalue weighted by Crippen LogP contribution is 2.31. The van der Waals surface area contributed by atoms with Crippen LogP contribution in [0.25, 0.3) is 0 Å². The second kappa shape index (κ2) is 14.1. The number of amides is 2. The van der Waals surface area contributed by atoms with Crippen LogP contribution in [0.2, 0.25) is 0 Å². The van der Waals surface area contributed by atoms with E-state index in [9.17, 15) is 25.2 Å². The normalized spacial score (nSPS) is 23.3. The molecule has 0 spiro atoms. The number of urea groups is 1.